The topological polar surface area (TPSA) is 209 Å². The highest BCUT2D eigenvalue weighted by molar-refractivity contribution is 14.1. The van der Waals surface area contributed by atoms with Gasteiger partial charge in [-0.3, -0.25) is 14.4 Å². The lowest BCUT2D eigenvalue weighted by Crippen LogP contribution is -2.47. The average Bonchev–Trinajstić information content (AvgIpc) is 1.23. The number of aliphatic hydroxyl groups excluding tert-OH is 1. The molecule has 2 aromatic rings. The van der Waals surface area contributed by atoms with E-state index in [0.29, 0.717) is 23.8 Å². The molecule has 0 aliphatic carbocycles. The molecular formula is C77H137IO16Si3. The number of carbonyl (C=O) groups is 4. The summed E-state index contributed by atoms with van der Waals surface area (Å²) in [5.41, 5.74) is 0. The van der Waals surface area contributed by atoms with Crippen LogP contribution in [0.3, 0.4) is 0 Å². The van der Waals surface area contributed by atoms with E-state index in [9.17, 15) is 29.4 Å². The Morgan fingerprint density at radius 2 is 0.948 bits per heavy atom. The van der Waals surface area contributed by atoms with Crippen molar-refractivity contribution < 1.29 is 75.2 Å². The van der Waals surface area contributed by atoms with Gasteiger partial charge in [0.2, 0.25) is 0 Å². The molecule has 2 spiro atoms. The van der Waals surface area contributed by atoms with Gasteiger partial charge >= 0.3 is 0 Å². The van der Waals surface area contributed by atoms with E-state index in [4.69, 9.17) is 41.4 Å². The van der Waals surface area contributed by atoms with E-state index in [0.717, 1.165) is 103 Å². The van der Waals surface area contributed by atoms with E-state index in [1.807, 2.05) is 93.5 Å². The fraction of sp³-hybridized carbons (Fsp3) is 0.766. The zero-order valence-electron chi connectivity index (χ0n) is 65.1. The summed E-state index contributed by atoms with van der Waals surface area (Å²) in [6, 6.07) is 7.52. The number of aryl methyl sites for hydroxylation is 1. The third-order valence-corrected chi connectivity index (χ3v) is 33.2. The van der Waals surface area contributed by atoms with Gasteiger partial charge in [-0.2, -0.15) is 0 Å². The zero-order chi connectivity index (χ0) is 74.3. The second-order valence-electron chi connectivity index (χ2n) is 32.6. The van der Waals surface area contributed by atoms with Crippen LogP contribution in [0.25, 0.3) is 0 Å². The molecule has 16 nitrogen and oxygen atoms in total. The van der Waals surface area contributed by atoms with E-state index in [2.05, 4.69) is 129 Å². The molecule has 7 atom stereocenters. The average molecular weight is 1530 g/mol. The Morgan fingerprint density at radius 1 is 0.567 bits per heavy atom. The van der Waals surface area contributed by atoms with Crippen molar-refractivity contribution in [1.29, 1.82) is 0 Å². The predicted octanol–water partition coefficient (Wildman–Crippen LogP) is 19.4. The number of unbranched alkanes of at least 4 members (excludes halogenated alkanes) is 2. The number of furan rings is 2. The van der Waals surface area contributed by atoms with Crippen molar-refractivity contribution >= 4 is 71.2 Å². The third kappa shape index (κ3) is 34.5. The monoisotopic (exact) mass is 1530 g/mol. The first kappa shape index (κ1) is 92.5. The number of rotatable bonds is 22. The first-order valence-electron chi connectivity index (χ1n) is 36.2. The molecule has 0 radical (unpaired) electrons. The lowest BCUT2D eigenvalue weighted by molar-refractivity contribution is -0.251. The summed E-state index contributed by atoms with van der Waals surface area (Å²) in [7, 11) is -4.80. The lowest BCUT2D eigenvalue weighted by atomic mass is 9.95. The molecule has 2 saturated heterocycles. The number of aliphatic hydroxyl groups is 2. The van der Waals surface area contributed by atoms with Gasteiger partial charge in [0.1, 0.15) is 42.2 Å². The highest BCUT2D eigenvalue weighted by Crippen LogP contribution is 2.40. The molecule has 0 amide bonds. The number of hydrogen-bond acceptors (Lipinski definition) is 16. The molecule has 97 heavy (non-hydrogen) atoms. The number of hydrogen-bond donors (Lipinski definition) is 2. The highest BCUT2D eigenvalue weighted by Gasteiger charge is 2.44. The molecule has 7 rings (SSSR count). The van der Waals surface area contributed by atoms with E-state index >= 15 is 0 Å². The van der Waals surface area contributed by atoms with Gasteiger partial charge in [0.15, 0.2) is 59.7 Å². The number of ketones is 3. The Morgan fingerprint density at radius 3 is 1.28 bits per heavy atom. The summed E-state index contributed by atoms with van der Waals surface area (Å²) >= 11 is 2.42. The minimum Gasteiger partial charge on any atom is -0.473 e. The summed E-state index contributed by atoms with van der Waals surface area (Å²) in [5, 5.41) is 21.3. The zero-order valence-corrected chi connectivity index (χ0v) is 70.3. The summed E-state index contributed by atoms with van der Waals surface area (Å²) in [4.78, 5) is 44.5. The smallest absolute Gasteiger partial charge is 0.191 e. The minimum absolute atomic E-state index is 0.0564. The van der Waals surface area contributed by atoms with Crippen LogP contribution in [0.2, 0.25) is 54.4 Å². The molecule has 0 saturated carbocycles. The molecule has 2 aromatic heterocycles. The Balaban J connectivity index is 0.000000591. The minimum atomic E-state index is -1.70. The van der Waals surface area contributed by atoms with Crippen molar-refractivity contribution in [3.8, 4) is 0 Å². The third-order valence-electron chi connectivity index (χ3n) is 18.8. The number of carbonyl (C=O) groups excluding carboxylic acids is 4. The first-order chi connectivity index (χ1) is 44.8. The van der Waals surface area contributed by atoms with Crippen molar-refractivity contribution in [2.24, 2.45) is 29.6 Å². The summed E-state index contributed by atoms with van der Waals surface area (Å²) in [6.45, 7) is 57.4. The van der Waals surface area contributed by atoms with Crippen molar-refractivity contribution in [1.82, 2.24) is 0 Å². The van der Waals surface area contributed by atoms with Crippen LogP contribution in [-0.4, -0.2) is 132 Å². The maximum Gasteiger partial charge on any atom is 0.191 e. The van der Waals surface area contributed by atoms with Crippen LogP contribution in [0.1, 0.15) is 226 Å². The van der Waals surface area contributed by atoms with Gasteiger partial charge in [0.25, 0.3) is 0 Å². The van der Waals surface area contributed by atoms with Gasteiger partial charge in [-0.25, -0.2) is 0 Å². The van der Waals surface area contributed by atoms with Gasteiger partial charge in [-0.15, -0.1) is 0 Å². The van der Waals surface area contributed by atoms with E-state index in [1.165, 1.54) is 29.4 Å². The normalized spacial score (nSPS) is 23.3. The molecule has 7 heterocycles. The lowest BCUT2D eigenvalue weighted by Gasteiger charge is -2.40. The van der Waals surface area contributed by atoms with Crippen LogP contribution in [0, 0.1) is 29.6 Å². The van der Waals surface area contributed by atoms with Gasteiger partial charge in [0.05, 0.1) is 25.7 Å². The Hall–Kier alpha value is -2.56. The number of ether oxygens (including phenoxy) is 5. The predicted molar refractivity (Wildman–Crippen MR) is 409 cm³/mol. The summed E-state index contributed by atoms with van der Waals surface area (Å²) < 4.78 is 58.5. The second kappa shape index (κ2) is 43.5. The molecule has 5 aliphatic heterocycles. The SMILES string of the molecule is CC(C)(C)[Si](C)(C)OCCCCI.CC(C)C(O)c1ccc(CCCO[Si](C)(C)C(C)(C)C)o1.CC(C)C1OC2(C=CC1=O)CCCCO2.CC(C)C1OC2(C=CC1=O)CCCCO2.CC(C)C=O.CC(C)[C@H]1OC(O)(CCCCO[Si](C)(C)C(C)(C)C)C=CC1=O.c1ccoc1. The quantitative estimate of drug-likeness (QED) is 0.0369. The molecule has 2 N–H and O–H groups in total. The van der Waals surface area contributed by atoms with Crippen molar-refractivity contribution in [3.05, 3.63) is 84.8 Å². The molecule has 2 fully saturated rings. The van der Waals surface area contributed by atoms with Crippen LogP contribution in [0.4, 0.5) is 0 Å². The number of halogens is 1. The molecule has 560 valence electrons. The van der Waals surface area contributed by atoms with E-state index in [1.54, 1.807) is 36.8 Å². The molecule has 5 aliphatic rings. The Bertz CT molecular complexity index is 2510. The molecule has 0 aromatic carbocycles. The van der Waals surface area contributed by atoms with E-state index in [-0.39, 0.29) is 69.2 Å². The standard InChI is InChI=1S/C18H34O4Si.C17H32O3Si.2C12H18O3.C10H23IOSi.C4H4O.C4H8O/c1-14(2)16-15(19)10-12-18(20,22-16)11-8-9-13-21-23(6,7)17(3,4)5;1-13(2)16(18)15-11-10-14(20-15)9-8-12-19-21(6,7)17(3,4)5;2*1-9(2)11-10(13)5-7-12(15-11)6-3-4-8-14-12;1-10(2,3)13(4,5)12-9-7-6-8-11;1-2-4-5-3-1;1-4(2)3-5/h10,12,14,16,20H,8-9,11,13H2,1-7H3;10-11,13,16,18H,8-9,12H2,1-7H3;2*5,7,9,11H,3-4,6,8H2,1-2H3;6-9H2,1-5H3;1-4H;3-4H,1-2H3/t16-,18?;;;;;;/m1....../s1. The van der Waals surface area contributed by atoms with Gasteiger partial charge in [-0.1, -0.05) is 154 Å². The second-order valence-corrected chi connectivity index (χ2v) is 48.1. The van der Waals surface area contributed by atoms with Gasteiger partial charge in [0, 0.05) is 51.4 Å². The molecular weight excluding hydrogens is 1390 g/mol. The summed E-state index contributed by atoms with van der Waals surface area (Å²) in [5.74, 6) is -0.0481. The fourth-order valence-electron chi connectivity index (χ4n) is 9.22. The highest BCUT2D eigenvalue weighted by atomic mass is 127. The van der Waals surface area contributed by atoms with E-state index < -0.39 is 54.5 Å². The Kier molecular flexibility index (Phi) is 41.5. The molecule has 20 heteroatoms. The summed E-state index contributed by atoms with van der Waals surface area (Å²) in [6.07, 6.45) is 24.8. The van der Waals surface area contributed by atoms with Crippen molar-refractivity contribution in [2.45, 2.75) is 311 Å². The van der Waals surface area contributed by atoms with Gasteiger partial charge < -0.3 is 60.8 Å². The maximum absolute atomic E-state index is 11.8. The van der Waals surface area contributed by atoms with Gasteiger partial charge in [-0.05, 0) is 201 Å². The maximum atomic E-state index is 11.8. The first-order valence-corrected chi connectivity index (χ1v) is 46.4. The molecule has 0 bridgehead atoms. The number of alkyl halides is 1. The Labute approximate surface area is 605 Å². The van der Waals surface area contributed by atoms with Crippen molar-refractivity contribution in [3.63, 3.8) is 0 Å². The fourth-order valence-corrected chi connectivity index (χ4v) is 13.0. The van der Waals surface area contributed by atoms with Crippen LogP contribution in [0.15, 0.2) is 82.1 Å². The molecule has 6 unspecified atom stereocenters. The van der Waals surface area contributed by atoms with Crippen molar-refractivity contribution in [2.75, 3.05) is 37.5 Å². The van der Waals surface area contributed by atoms with Crippen LogP contribution in [-0.2, 0) is 62.6 Å². The number of aldehydes is 1. The van der Waals surface area contributed by atoms with Crippen LogP contribution >= 0.6 is 22.6 Å². The van der Waals surface area contributed by atoms with Crippen LogP contribution < -0.4 is 0 Å². The van der Waals surface area contributed by atoms with Crippen LogP contribution in [0.5, 0.6) is 0 Å². The largest absolute Gasteiger partial charge is 0.473 e.